The van der Waals surface area contributed by atoms with E-state index in [2.05, 4.69) is 0 Å². The quantitative estimate of drug-likeness (QED) is 0.611. The number of hydrogen-bond donors (Lipinski definition) is 1. The molecule has 1 unspecified atom stereocenters. The van der Waals surface area contributed by atoms with E-state index in [1.165, 1.54) is 4.90 Å². The van der Waals surface area contributed by atoms with Crippen molar-refractivity contribution in [3.8, 4) is 0 Å². The molecule has 0 aromatic heterocycles. The molecule has 4 heterocycles. The van der Waals surface area contributed by atoms with Crippen molar-refractivity contribution in [2.75, 3.05) is 31.6 Å². The Morgan fingerprint density at radius 2 is 1.78 bits per heavy atom. The molecule has 0 saturated carbocycles. The lowest BCUT2D eigenvalue weighted by Gasteiger charge is -2.40. The number of likely N-dealkylation sites (tertiary alicyclic amines) is 1. The van der Waals surface area contributed by atoms with Gasteiger partial charge in [-0.05, 0) is 25.0 Å². The van der Waals surface area contributed by atoms with E-state index in [0.717, 1.165) is 0 Å². The van der Waals surface area contributed by atoms with E-state index in [9.17, 15) is 19.5 Å². The number of aliphatic hydroxyl groups is 1. The highest BCUT2D eigenvalue weighted by atomic mass is 35.5. The topological polar surface area (TPSA) is 90.4 Å². The third kappa shape index (κ3) is 3.31. The Morgan fingerprint density at radius 1 is 1.06 bits per heavy atom. The van der Waals surface area contributed by atoms with Gasteiger partial charge in [-0.1, -0.05) is 61.9 Å². The molecule has 2 fully saturated rings. The van der Waals surface area contributed by atoms with Crippen LogP contribution < -0.4 is 4.90 Å². The summed E-state index contributed by atoms with van der Waals surface area (Å²) in [6, 6.07) is 5.43. The minimum absolute atomic E-state index is 0.178. The van der Waals surface area contributed by atoms with Crippen LogP contribution >= 0.6 is 11.6 Å². The Labute approximate surface area is 216 Å². The molecular formula is C27H32ClN3O5. The standard InChI is InChI=1S/C27H32ClN3O5/c1-4-17(16-32)31-22-25(35)30(19-11-7-6-10-18(19)28)15-9-13-27(22)21(24(31)34)20-23(33)29(3)14-8-12-26(20,5-2)36-27/h6-13,17,20-22,32H,4-5,14-16H2,1-3H3/t17-,20-,21-,22?,26+,27-/m0/s1. The first-order valence-electron chi connectivity index (χ1n) is 12.6. The van der Waals surface area contributed by atoms with Crippen molar-refractivity contribution in [2.45, 2.75) is 50.0 Å². The zero-order valence-electron chi connectivity index (χ0n) is 20.8. The predicted molar refractivity (Wildman–Crippen MR) is 135 cm³/mol. The minimum Gasteiger partial charge on any atom is -0.394 e. The summed E-state index contributed by atoms with van der Waals surface area (Å²) >= 11 is 6.48. The highest BCUT2D eigenvalue weighted by molar-refractivity contribution is 6.34. The molecule has 0 bridgehead atoms. The SMILES string of the molecule is CC[C@@H](CO)N1C(=O)[C@@H]2[C@H]3C(=O)N(C)CC=C[C@@]3(CC)O[C@@]23C=CCN(c2ccccc2Cl)C(=O)C13. The van der Waals surface area contributed by atoms with E-state index < -0.39 is 35.1 Å². The van der Waals surface area contributed by atoms with Gasteiger partial charge in [0, 0.05) is 20.1 Å². The third-order valence-electron chi connectivity index (χ3n) is 8.30. The zero-order chi connectivity index (χ0) is 25.8. The summed E-state index contributed by atoms with van der Waals surface area (Å²) in [6.45, 7) is 4.16. The molecule has 9 heteroatoms. The second-order valence-corrected chi connectivity index (χ2v) is 10.4. The van der Waals surface area contributed by atoms with E-state index >= 15 is 0 Å². The smallest absolute Gasteiger partial charge is 0.253 e. The van der Waals surface area contributed by atoms with Crippen LogP contribution in [-0.4, -0.2) is 82.7 Å². The lowest BCUT2D eigenvalue weighted by Crippen LogP contribution is -2.59. The molecule has 1 spiro atoms. The Balaban J connectivity index is 1.72. The molecule has 1 aromatic carbocycles. The number of carbonyl (C=O) groups is 3. The molecule has 1 N–H and O–H groups in total. The van der Waals surface area contributed by atoms with Gasteiger partial charge in [-0.25, -0.2) is 0 Å². The second kappa shape index (κ2) is 9.01. The molecule has 8 nitrogen and oxygen atoms in total. The van der Waals surface area contributed by atoms with E-state index in [-0.39, 0.29) is 30.9 Å². The van der Waals surface area contributed by atoms with E-state index in [4.69, 9.17) is 16.3 Å². The number of rotatable bonds is 5. The number of ether oxygens (including phenoxy) is 1. The maximum Gasteiger partial charge on any atom is 0.253 e. The summed E-state index contributed by atoms with van der Waals surface area (Å²) in [6.07, 6.45) is 8.36. The Bertz CT molecular complexity index is 1150. The molecule has 4 aliphatic rings. The van der Waals surface area contributed by atoms with Crippen LogP contribution in [0.2, 0.25) is 5.02 Å². The molecule has 4 aliphatic heterocycles. The maximum atomic E-state index is 14.4. The minimum atomic E-state index is -1.36. The number of anilines is 1. The second-order valence-electron chi connectivity index (χ2n) is 10.0. The van der Waals surface area contributed by atoms with Crippen LogP contribution in [0.15, 0.2) is 48.6 Å². The largest absolute Gasteiger partial charge is 0.394 e. The van der Waals surface area contributed by atoms with Crippen LogP contribution in [0.3, 0.4) is 0 Å². The number of para-hydroxylation sites is 1. The van der Waals surface area contributed by atoms with Gasteiger partial charge >= 0.3 is 0 Å². The van der Waals surface area contributed by atoms with Gasteiger partial charge < -0.3 is 24.5 Å². The molecule has 192 valence electrons. The zero-order valence-corrected chi connectivity index (χ0v) is 21.5. The first-order chi connectivity index (χ1) is 17.3. The van der Waals surface area contributed by atoms with Crippen molar-refractivity contribution in [2.24, 2.45) is 11.8 Å². The summed E-state index contributed by atoms with van der Waals surface area (Å²) in [5.41, 5.74) is -1.84. The average Bonchev–Trinajstić information content (AvgIpc) is 3.17. The van der Waals surface area contributed by atoms with Crippen molar-refractivity contribution in [1.82, 2.24) is 9.80 Å². The van der Waals surface area contributed by atoms with Crippen LogP contribution in [0, 0.1) is 11.8 Å². The lowest BCUT2D eigenvalue weighted by molar-refractivity contribution is -0.152. The Kier molecular flexibility index (Phi) is 6.25. The predicted octanol–water partition coefficient (Wildman–Crippen LogP) is 2.40. The molecule has 6 atom stereocenters. The van der Waals surface area contributed by atoms with Crippen molar-refractivity contribution in [3.05, 3.63) is 53.6 Å². The van der Waals surface area contributed by atoms with Crippen molar-refractivity contribution in [1.29, 1.82) is 0 Å². The molecule has 0 aliphatic carbocycles. The van der Waals surface area contributed by atoms with Gasteiger partial charge in [-0.2, -0.15) is 0 Å². The van der Waals surface area contributed by atoms with Crippen LogP contribution in [0.25, 0.3) is 0 Å². The van der Waals surface area contributed by atoms with Gasteiger partial charge in [0.1, 0.15) is 11.6 Å². The van der Waals surface area contributed by atoms with Gasteiger partial charge in [0.2, 0.25) is 11.8 Å². The van der Waals surface area contributed by atoms with Gasteiger partial charge in [0.15, 0.2) is 0 Å². The molecule has 5 rings (SSSR count). The van der Waals surface area contributed by atoms with E-state index in [0.29, 0.717) is 30.1 Å². The normalized spacial score (nSPS) is 34.4. The summed E-state index contributed by atoms with van der Waals surface area (Å²) < 4.78 is 6.88. The number of halogens is 1. The molecular weight excluding hydrogens is 482 g/mol. The van der Waals surface area contributed by atoms with Gasteiger partial charge in [-0.15, -0.1) is 0 Å². The number of carbonyl (C=O) groups excluding carboxylic acids is 3. The summed E-state index contributed by atoms with van der Waals surface area (Å²) in [5.74, 6) is -2.54. The number of hydrogen-bond acceptors (Lipinski definition) is 5. The van der Waals surface area contributed by atoms with Crippen molar-refractivity contribution < 1.29 is 24.2 Å². The first-order valence-corrected chi connectivity index (χ1v) is 12.9. The van der Waals surface area contributed by atoms with Crippen molar-refractivity contribution >= 4 is 35.0 Å². The number of nitrogens with zero attached hydrogens (tertiary/aromatic N) is 3. The number of likely N-dealkylation sites (N-methyl/N-ethyl adjacent to an activating group) is 1. The summed E-state index contributed by atoms with van der Waals surface area (Å²) in [5, 5.41) is 10.6. The summed E-state index contributed by atoms with van der Waals surface area (Å²) in [7, 11) is 1.72. The fourth-order valence-electron chi connectivity index (χ4n) is 6.52. The maximum absolute atomic E-state index is 14.4. The van der Waals surface area contributed by atoms with Crippen LogP contribution in [0.1, 0.15) is 26.7 Å². The fraction of sp³-hybridized carbons (Fsp3) is 0.519. The highest BCUT2D eigenvalue weighted by Gasteiger charge is 2.75. The van der Waals surface area contributed by atoms with Gasteiger partial charge in [-0.3, -0.25) is 14.4 Å². The van der Waals surface area contributed by atoms with Gasteiger partial charge in [0.25, 0.3) is 5.91 Å². The first kappa shape index (κ1) is 25.0. The Morgan fingerprint density at radius 3 is 2.44 bits per heavy atom. The third-order valence-corrected chi connectivity index (χ3v) is 8.62. The number of fused-ring (bicyclic) bond motifs is 2. The molecule has 2 saturated heterocycles. The fourth-order valence-corrected chi connectivity index (χ4v) is 6.75. The average molecular weight is 514 g/mol. The molecule has 1 aromatic rings. The van der Waals surface area contributed by atoms with Crippen LogP contribution in [0.4, 0.5) is 5.69 Å². The van der Waals surface area contributed by atoms with Crippen LogP contribution in [0.5, 0.6) is 0 Å². The molecule has 0 radical (unpaired) electrons. The highest BCUT2D eigenvalue weighted by Crippen LogP contribution is 2.59. The number of amides is 3. The molecule has 3 amide bonds. The van der Waals surface area contributed by atoms with Crippen molar-refractivity contribution in [3.63, 3.8) is 0 Å². The summed E-state index contributed by atoms with van der Waals surface area (Å²) in [4.78, 5) is 47.0. The number of aliphatic hydroxyl groups excluding tert-OH is 1. The van der Waals surface area contributed by atoms with Gasteiger partial charge in [0.05, 0.1) is 40.8 Å². The monoisotopic (exact) mass is 513 g/mol. The van der Waals surface area contributed by atoms with E-state index in [1.54, 1.807) is 41.1 Å². The Hall–Kier alpha value is -2.68. The van der Waals surface area contributed by atoms with E-state index in [1.807, 2.05) is 38.2 Å². The van der Waals surface area contributed by atoms with Crippen LogP contribution in [-0.2, 0) is 19.1 Å². The lowest BCUT2D eigenvalue weighted by atomic mass is 9.73. The molecule has 36 heavy (non-hydrogen) atoms. The number of benzene rings is 1.